The Morgan fingerprint density at radius 1 is 1.30 bits per heavy atom. The molecule has 8 nitrogen and oxygen atoms in total. The van der Waals surface area contributed by atoms with Gasteiger partial charge in [-0.3, -0.25) is 9.79 Å². The first-order chi connectivity index (χ1) is 15.9. The lowest BCUT2D eigenvalue weighted by Crippen LogP contribution is -2.25. The summed E-state index contributed by atoms with van der Waals surface area (Å²) in [5.74, 6) is 0.0438. The lowest BCUT2D eigenvalue weighted by Gasteiger charge is -2.18. The molecule has 1 aliphatic rings. The van der Waals surface area contributed by atoms with Crippen LogP contribution in [0.5, 0.6) is 5.75 Å². The van der Waals surface area contributed by atoms with Crippen molar-refractivity contribution in [3.8, 4) is 17.0 Å². The number of carbonyl (C=O) groups is 2. The number of carbonyl (C=O) groups excluding carboxylic acids is 2. The molecule has 3 aromatic rings. The monoisotopic (exact) mass is 462 g/mol. The molecule has 1 amide bonds. The van der Waals surface area contributed by atoms with Crippen LogP contribution in [0.2, 0.25) is 0 Å². The zero-order valence-corrected chi connectivity index (χ0v) is 19.0. The summed E-state index contributed by atoms with van der Waals surface area (Å²) < 4.78 is 11.9. The predicted octanol–water partition coefficient (Wildman–Crippen LogP) is 3.69. The summed E-state index contributed by atoms with van der Waals surface area (Å²) >= 11 is 1.46. The van der Waals surface area contributed by atoms with Crippen molar-refractivity contribution in [2.45, 2.75) is 6.92 Å². The Morgan fingerprint density at radius 3 is 2.82 bits per heavy atom. The molecule has 4 rings (SSSR count). The van der Waals surface area contributed by atoms with Crippen LogP contribution in [-0.4, -0.2) is 43.0 Å². The van der Waals surface area contributed by atoms with E-state index in [0.717, 1.165) is 22.4 Å². The van der Waals surface area contributed by atoms with E-state index < -0.39 is 5.97 Å². The highest BCUT2D eigenvalue weighted by Gasteiger charge is 2.17. The molecule has 0 atom stereocenters. The summed E-state index contributed by atoms with van der Waals surface area (Å²) in [6.45, 7) is 6.32. The van der Waals surface area contributed by atoms with Crippen LogP contribution in [0.4, 0.5) is 5.69 Å². The number of rotatable bonds is 6. The first-order valence-electron chi connectivity index (χ1n) is 10.1. The minimum absolute atomic E-state index is 0.00773. The third-order valence-corrected chi connectivity index (χ3v) is 5.59. The smallest absolute Gasteiger partial charge is 0.337 e. The van der Waals surface area contributed by atoms with Gasteiger partial charge in [0.05, 0.1) is 36.8 Å². The standard InChI is InChI=1S/C24H22N4O4S/c1-15(2)11-25-24-28(26-12-16-4-6-17(7-5-16)23(30)31-3)20(14-33-24)18-8-9-21-19(10-18)27-22(29)13-32-21/h4-10,12,14H,1,11,13H2,2-3H3,(H,27,29). The number of hydrogen-bond donors (Lipinski definition) is 1. The number of ether oxygens (including phenoxy) is 2. The van der Waals surface area contributed by atoms with Gasteiger partial charge in [0.2, 0.25) is 4.80 Å². The fourth-order valence-corrected chi connectivity index (χ4v) is 3.95. The summed E-state index contributed by atoms with van der Waals surface area (Å²) in [4.78, 5) is 28.7. The van der Waals surface area contributed by atoms with Gasteiger partial charge in [-0.1, -0.05) is 24.3 Å². The highest BCUT2D eigenvalue weighted by Crippen LogP contribution is 2.32. The van der Waals surface area contributed by atoms with Crippen molar-refractivity contribution >= 4 is 35.1 Å². The maximum Gasteiger partial charge on any atom is 0.337 e. The molecular weight excluding hydrogens is 440 g/mol. The number of fused-ring (bicyclic) bond motifs is 1. The maximum atomic E-state index is 11.7. The van der Waals surface area contributed by atoms with Gasteiger partial charge in [0.15, 0.2) is 6.61 Å². The first-order valence-corrected chi connectivity index (χ1v) is 11.0. The highest BCUT2D eigenvalue weighted by molar-refractivity contribution is 7.07. The molecule has 0 unspecified atom stereocenters. The normalized spacial score (nSPS) is 13.4. The number of anilines is 1. The zero-order chi connectivity index (χ0) is 23.4. The molecule has 0 saturated carbocycles. The minimum Gasteiger partial charge on any atom is -0.482 e. The van der Waals surface area contributed by atoms with Crippen molar-refractivity contribution in [1.29, 1.82) is 0 Å². The minimum atomic E-state index is -0.391. The lowest BCUT2D eigenvalue weighted by atomic mass is 10.1. The SMILES string of the molecule is C=C(C)CN=c1scc(-c2ccc3c(c2)NC(=O)CO3)n1N=Cc1ccc(C(=O)OC)cc1. The Morgan fingerprint density at radius 2 is 2.09 bits per heavy atom. The molecule has 1 aromatic heterocycles. The molecule has 0 saturated heterocycles. The second-order valence-corrected chi connectivity index (χ2v) is 8.23. The van der Waals surface area contributed by atoms with Crippen molar-refractivity contribution in [1.82, 2.24) is 4.68 Å². The van der Waals surface area contributed by atoms with Crippen LogP contribution in [0.3, 0.4) is 0 Å². The van der Waals surface area contributed by atoms with Gasteiger partial charge < -0.3 is 14.8 Å². The van der Waals surface area contributed by atoms with Gasteiger partial charge in [-0.25, -0.2) is 9.47 Å². The summed E-state index contributed by atoms with van der Waals surface area (Å²) in [6.07, 6.45) is 1.69. The molecule has 33 heavy (non-hydrogen) atoms. The van der Waals surface area contributed by atoms with Gasteiger partial charge in [-0.15, -0.1) is 11.3 Å². The van der Waals surface area contributed by atoms with E-state index in [4.69, 9.17) is 9.47 Å². The lowest BCUT2D eigenvalue weighted by molar-refractivity contribution is -0.118. The Labute approximate surface area is 194 Å². The quantitative estimate of drug-likeness (QED) is 0.343. The molecule has 1 aliphatic heterocycles. The fourth-order valence-electron chi connectivity index (χ4n) is 3.11. The Kier molecular flexibility index (Phi) is 6.50. The highest BCUT2D eigenvalue weighted by atomic mass is 32.1. The van der Waals surface area contributed by atoms with E-state index in [1.54, 1.807) is 35.2 Å². The van der Waals surface area contributed by atoms with Gasteiger partial charge >= 0.3 is 5.97 Å². The number of nitrogens with zero attached hydrogens (tertiary/aromatic N) is 3. The summed E-state index contributed by atoms with van der Waals surface area (Å²) in [5.41, 5.74) is 4.49. The Balaban J connectivity index is 1.72. The van der Waals surface area contributed by atoms with Crippen molar-refractivity contribution in [2.24, 2.45) is 10.1 Å². The van der Waals surface area contributed by atoms with Crippen LogP contribution in [-0.2, 0) is 9.53 Å². The molecule has 9 heteroatoms. The van der Waals surface area contributed by atoms with E-state index >= 15 is 0 Å². The van der Waals surface area contributed by atoms with Gasteiger partial charge in [-0.2, -0.15) is 5.10 Å². The van der Waals surface area contributed by atoms with Gasteiger partial charge in [-0.05, 0) is 42.8 Å². The molecule has 0 spiro atoms. The van der Waals surface area contributed by atoms with Crippen LogP contribution in [0.15, 0.2) is 70.1 Å². The van der Waals surface area contributed by atoms with E-state index in [1.807, 2.05) is 30.5 Å². The third-order valence-electron chi connectivity index (χ3n) is 4.73. The molecule has 168 valence electrons. The first kappa shape index (κ1) is 22.2. The molecular formula is C24H22N4O4S. The molecule has 0 radical (unpaired) electrons. The summed E-state index contributed by atoms with van der Waals surface area (Å²) in [7, 11) is 1.35. The van der Waals surface area contributed by atoms with E-state index in [-0.39, 0.29) is 12.5 Å². The average molecular weight is 463 g/mol. The van der Waals surface area contributed by atoms with Crippen LogP contribution in [0, 0.1) is 0 Å². The van der Waals surface area contributed by atoms with Crippen LogP contribution < -0.4 is 14.9 Å². The van der Waals surface area contributed by atoms with Crippen LogP contribution >= 0.6 is 11.3 Å². The fraction of sp³-hybridized carbons (Fsp3) is 0.167. The summed E-state index contributed by atoms with van der Waals surface area (Å²) in [5, 5.41) is 9.45. The van der Waals surface area contributed by atoms with Gasteiger partial charge in [0.1, 0.15) is 5.75 Å². The summed E-state index contributed by atoms with van der Waals surface area (Å²) in [6, 6.07) is 12.5. The second kappa shape index (κ2) is 9.66. The number of aromatic nitrogens is 1. The molecule has 0 aliphatic carbocycles. The topological polar surface area (TPSA) is 94.3 Å². The number of amides is 1. The van der Waals surface area contributed by atoms with Crippen molar-refractivity contribution < 1.29 is 19.1 Å². The van der Waals surface area contributed by atoms with Crippen molar-refractivity contribution in [3.63, 3.8) is 0 Å². The third kappa shape index (κ3) is 5.09. The Bertz CT molecular complexity index is 1320. The second-order valence-electron chi connectivity index (χ2n) is 7.39. The molecule has 1 N–H and O–H groups in total. The number of methoxy groups -OCH3 is 1. The van der Waals surface area contributed by atoms with E-state index in [1.165, 1.54) is 18.4 Å². The largest absolute Gasteiger partial charge is 0.482 e. The van der Waals surface area contributed by atoms with Crippen LogP contribution in [0.1, 0.15) is 22.8 Å². The zero-order valence-electron chi connectivity index (χ0n) is 18.2. The van der Waals surface area contributed by atoms with E-state index in [2.05, 4.69) is 22.0 Å². The Hall–Kier alpha value is -3.98. The molecule has 0 fully saturated rings. The average Bonchev–Trinajstić information content (AvgIpc) is 3.23. The number of thiazole rings is 1. The van der Waals surface area contributed by atoms with Crippen molar-refractivity contribution in [3.05, 3.63) is 75.9 Å². The molecule has 2 aromatic carbocycles. The predicted molar refractivity (Wildman–Crippen MR) is 128 cm³/mol. The number of hydrogen-bond acceptors (Lipinski definition) is 7. The van der Waals surface area contributed by atoms with Gasteiger partial charge in [0, 0.05) is 10.9 Å². The van der Waals surface area contributed by atoms with Gasteiger partial charge in [0.25, 0.3) is 5.91 Å². The van der Waals surface area contributed by atoms with E-state index in [0.29, 0.717) is 28.3 Å². The molecule has 2 heterocycles. The van der Waals surface area contributed by atoms with Crippen LogP contribution in [0.25, 0.3) is 11.3 Å². The molecule has 0 bridgehead atoms. The van der Waals surface area contributed by atoms with Crippen molar-refractivity contribution in [2.75, 3.05) is 25.6 Å². The number of nitrogens with one attached hydrogen (secondary N) is 1. The number of benzene rings is 2. The number of esters is 1. The van der Waals surface area contributed by atoms with E-state index in [9.17, 15) is 9.59 Å². The maximum absolute atomic E-state index is 11.7.